The average Bonchev–Trinajstić information content (AvgIpc) is 3.18. The molecule has 1 saturated heterocycles. The van der Waals surface area contributed by atoms with E-state index in [2.05, 4.69) is 40.7 Å². The number of aliphatic hydroxyl groups is 2. The number of hydrogen-bond donors (Lipinski definition) is 2. The molecule has 0 bridgehead atoms. The number of fused-ring (bicyclic) bond motifs is 5. The highest BCUT2D eigenvalue weighted by Gasteiger charge is 2.61. The molecule has 4 nitrogen and oxygen atoms in total. The quantitative estimate of drug-likeness (QED) is 0.473. The Morgan fingerprint density at radius 1 is 1.03 bits per heavy atom. The molecule has 1 aliphatic heterocycles. The molecule has 194 valence electrons. The van der Waals surface area contributed by atoms with Gasteiger partial charge >= 0.3 is 0 Å². The van der Waals surface area contributed by atoms with E-state index in [4.69, 9.17) is 9.47 Å². The molecule has 0 unspecified atom stereocenters. The van der Waals surface area contributed by atoms with Gasteiger partial charge in [0, 0.05) is 11.8 Å². The Hall–Kier alpha value is -0.420. The summed E-state index contributed by atoms with van der Waals surface area (Å²) in [5.41, 5.74) is 1.39. The van der Waals surface area contributed by atoms with Crippen LogP contribution in [0.5, 0.6) is 0 Å². The Balaban J connectivity index is 1.29. The van der Waals surface area contributed by atoms with E-state index in [1.165, 1.54) is 37.7 Å². The van der Waals surface area contributed by atoms with Gasteiger partial charge in [0.25, 0.3) is 0 Å². The first-order valence-corrected chi connectivity index (χ1v) is 14.2. The van der Waals surface area contributed by atoms with E-state index in [9.17, 15) is 10.2 Å². The standard InChI is InChI=1S/C30H50O4/c1-18(8-13-26-27(2,3)34-28(4,5)33-26)22-11-12-23-21-10-9-19-16-20(31)17-25(32)30(19,7)24(21)14-15-29(22,23)6/h9,18,20-26,31-32H,8,10-17H2,1-7H3/t18-,20-,21+,22-,23+,24+,25+,26-,29-,30+/m1/s1. The fourth-order valence-corrected chi connectivity index (χ4v) is 9.91. The van der Waals surface area contributed by atoms with Gasteiger partial charge in [0.2, 0.25) is 0 Å². The molecule has 1 heterocycles. The maximum atomic E-state index is 11.1. The molecule has 0 amide bonds. The van der Waals surface area contributed by atoms with E-state index in [0.717, 1.165) is 31.1 Å². The Bertz CT molecular complexity index is 817. The molecule has 34 heavy (non-hydrogen) atoms. The maximum absolute atomic E-state index is 11.1. The molecule has 3 saturated carbocycles. The van der Waals surface area contributed by atoms with Crippen LogP contribution in [0.3, 0.4) is 0 Å². The zero-order valence-electron chi connectivity index (χ0n) is 22.8. The molecule has 4 heteroatoms. The van der Waals surface area contributed by atoms with Gasteiger partial charge in [0.05, 0.1) is 23.9 Å². The molecule has 0 radical (unpaired) electrons. The Morgan fingerprint density at radius 3 is 2.44 bits per heavy atom. The first-order chi connectivity index (χ1) is 15.8. The topological polar surface area (TPSA) is 58.9 Å². The zero-order chi connectivity index (χ0) is 24.7. The van der Waals surface area contributed by atoms with Crippen molar-refractivity contribution >= 4 is 0 Å². The Morgan fingerprint density at radius 2 is 1.76 bits per heavy atom. The van der Waals surface area contributed by atoms with Crippen molar-refractivity contribution in [3.63, 3.8) is 0 Å². The Kier molecular flexibility index (Phi) is 6.16. The lowest BCUT2D eigenvalue weighted by atomic mass is 9.46. The highest BCUT2D eigenvalue weighted by Crippen LogP contribution is 2.67. The molecule has 0 aromatic heterocycles. The van der Waals surface area contributed by atoms with Gasteiger partial charge in [-0.1, -0.05) is 32.4 Å². The van der Waals surface area contributed by atoms with Crippen molar-refractivity contribution in [2.24, 2.45) is 40.4 Å². The lowest BCUT2D eigenvalue weighted by Gasteiger charge is -2.59. The van der Waals surface area contributed by atoms with E-state index in [1.807, 2.05) is 13.8 Å². The van der Waals surface area contributed by atoms with E-state index >= 15 is 0 Å². The van der Waals surface area contributed by atoms with E-state index in [1.54, 1.807) is 0 Å². The third-order valence-electron chi connectivity index (χ3n) is 11.5. The second-order valence-corrected chi connectivity index (χ2v) is 14.2. The van der Waals surface area contributed by atoms with E-state index < -0.39 is 11.9 Å². The minimum atomic E-state index is -0.483. The van der Waals surface area contributed by atoms with Crippen LogP contribution in [0.2, 0.25) is 0 Å². The summed E-state index contributed by atoms with van der Waals surface area (Å²) in [5, 5.41) is 21.4. The van der Waals surface area contributed by atoms with Crippen molar-refractivity contribution in [1.82, 2.24) is 0 Å². The van der Waals surface area contributed by atoms with Crippen LogP contribution in [-0.4, -0.2) is 39.9 Å². The molecule has 4 fully saturated rings. The second-order valence-electron chi connectivity index (χ2n) is 14.2. The lowest BCUT2D eigenvalue weighted by Crippen LogP contribution is -2.55. The summed E-state index contributed by atoms with van der Waals surface area (Å²) in [5.74, 6) is 2.98. The number of allylic oxidation sites excluding steroid dienone is 1. The van der Waals surface area contributed by atoms with Crippen LogP contribution in [0.4, 0.5) is 0 Å². The van der Waals surface area contributed by atoms with Crippen molar-refractivity contribution in [3.05, 3.63) is 11.6 Å². The summed E-state index contributed by atoms with van der Waals surface area (Å²) in [6.45, 7) is 15.8. The van der Waals surface area contributed by atoms with Crippen LogP contribution in [0, 0.1) is 40.4 Å². The second kappa shape index (κ2) is 8.30. The number of rotatable bonds is 4. The van der Waals surface area contributed by atoms with Gasteiger partial charge in [-0.25, -0.2) is 0 Å². The Labute approximate surface area is 207 Å². The SMILES string of the molecule is C[C@H](CC[C@H]1OC(C)(C)OC1(C)C)[C@H]1CC[C@H]2[C@@H]3CC=C4C[C@@H](O)C[C@H](O)[C@]4(C)[C@H]3CC[C@]12C. The van der Waals surface area contributed by atoms with Gasteiger partial charge in [0.15, 0.2) is 5.79 Å². The summed E-state index contributed by atoms with van der Waals surface area (Å²) in [6.07, 6.45) is 11.7. The normalized spacial score (nSPS) is 50.1. The van der Waals surface area contributed by atoms with Gasteiger partial charge in [0.1, 0.15) is 0 Å². The minimum absolute atomic E-state index is 0.134. The summed E-state index contributed by atoms with van der Waals surface area (Å²) in [6, 6.07) is 0. The van der Waals surface area contributed by atoms with Crippen LogP contribution in [0.1, 0.15) is 106 Å². The summed E-state index contributed by atoms with van der Waals surface area (Å²) in [4.78, 5) is 0. The van der Waals surface area contributed by atoms with Crippen LogP contribution in [-0.2, 0) is 9.47 Å². The highest BCUT2D eigenvalue weighted by atomic mass is 16.8. The van der Waals surface area contributed by atoms with Gasteiger partial charge < -0.3 is 19.7 Å². The summed E-state index contributed by atoms with van der Waals surface area (Å²) < 4.78 is 12.5. The lowest BCUT2D eigenvalue weighted by molar-refractivity contribution is -0.157. The van der Waals surface area contributed by atoms with Crippen molar-refractivity contribution in [2.45, 2.75) is 136 Å². The molecule has 5 aliphatic rings. The average molecular weight is 475 g/mol. The molecule has 2 N–H and O–H groups in total. The number of hydrogen-bond acceptors (Lipinski definition) is 4. The summed E-state index contributed by atoms with van der Waals surface area (Å²) in [7, 11) is 0. The van der Waals surface area contributed by atoms with Gasteiger partial charge in [-0.15, -0.1) is 0 Å². The van der Waals surface area contributed by atoms with Crippen LogP contribution in [0.15, 0.2) is 11.6 Å². The smallest absolute Gasteiger partial charge is 0.164 e. The molecule has 4 aliphatic carbocycles. The largest absolute Gasteiger partial charge is 0.393 e. The predicted octanol–water partition coefficient (Wildman–Crippen LogP) is 6.24. The maximum Gasteiger partial charge on any atom is 0.164 e. The van der Waals surface area contributed by atoms with Gasteiger partial charge in [-0.3, -0.25) is 0 Å². The van der Waals surface area contributed by atoms with E-state index in [0.29, 0.717) is 29.6 Å². The predicted molar refractivity (Wildman–Crippen MR) is 135 cm³/mol. The zero-order valence-corrected chi connectivity index (χ0v) is 22.8. The summed E-state index contributed by atoms with van der Waals surface area (Å²) >= 11 is 0. The van der Waals surface area contributed by atoms with Crippen molar-refractivity contribution in [3.8, 4) is 0 Å². The van der Waals surface area contributed by atoms with Gasteiger partial charge in [-0.2, -0.15) is 0 Å². The van der Waals surface area contributed by atoms with Crippen LogP contribution < -0.4 is 0 Å². The monoisotopic (exact) mass is 474 g/mol. The number of aliphatic hydroxyl groups excluding tert-OH is 2. The third-order valence-corrected chi connectivity index (χ3v) is 11.5. The van der Waals surface area contributed by atoms with Crippen molar-refractivity contribution in [1.29, 1.82) is 0 Å². The minimum Gasteiger partial charge on any atom is -0.393 e. The van der Waals surface area contributed by atoms with Crippen molar-refractivity contribution < 1.29 is 19.7 Å². The fourth-order valence-electron chi connectivity index (χ4n) is 9.91. The van der Waals surface area contributed by atoms with Gasteiger partial charge in [-0.05, 0) is 114 Å². The van der Waals surface area contributed by atoms with E-state index in [-0.39, 0.29) is 23.2 Å². The highest BCUT2D eigenvalue weighted by molar-refractivity contribution is 5.27. The van der Waals surface area contributed by atoms with Crippen LogP contribution in [0.25, 0.3) is 0 Å². The first kappa shape index (κ1) is 25.2. The third kappa shape index (κ3) is 3.85. The molecule has 0 aromatic carbocycles. The fraction of sp³-hybridized carbons (Fsp3) is 0.933. The molecule has 0 spiro atoms. The number of ether oxygens (including phenoxy) is 2. The van der Waals surface area contributed by atoms with Crippen LogP contribution >= 0.6 is 0 Å². The molecule has 10 atom stereocenters. The molecular weight excluding hydrogens is 424 g/mol. The molecule has 0 aromatic rings. The first-order valence-electron chi connectivity index (χ1n) is 14.2. The molecular formula is C30H50O4. The molecule has 5 rings (SSSR count). The van der Waals surface area contributed by atoms with Crippen molar-refractivity contribution in [2.75, 3.05) is 0 Å².